The van der Waals surface area contributed by atoms with Crippen LogP contribution in [0.25, 0.3) is 0 Å². The highest BCUT2D eigenvalue weighted by Gasteiger charge is 2.33. The van der Waals surface area contributed by atoms with Crippen molar-refractivity contribution in [3.8, 4) is 11.5 Å². The van der Waals surface area contributed by atoms with E-state index < -0.39 is 0 Å². The Bertz CT molecular complexity index is 423. The van der Waals surface area contributed by atoms with E-state index in [1.807, 2.05) is 25.1 Å². The molecule has 0 amide bonds. The Labute approximate surface area is 115 Å². The van der Waals surface area contributed by atoms with E-state index in [0.717, 1.165) is 36.6 Å². The number of benzene rings is 1. The third-order valence-corrected chi connectivity index (χ3v) is 3.85. The average molecular weight is 264 g/mol. The van der Waals surface area contributed by atoms with Gasteiger partial charge in [0.2, 0.25) is 0 Å². The fourth-order valence-electron chi connectivity index (χ4n) is 2.93. The first-order valence-electron chi connectivity index (χ1n) is 6.91. The Hall–Kier alpha value is -1.26. The number of nitrogens with zero attached hydrogens (tertiary/aromatic N) is 1. The lowest BCUT2D eigenvalue weighted by Gasteiger charge is -2.24. The topological polar surface area (TPSA) is 47.7 Å². The van der Waals surface area contributed by atoms with Crippen LogP contribution in [0.15, 0.2) is 18.2 Å². The van der Waals surface area contributed by atoms with Gasteiger partial charge in [0.15, 0.2) is 0 Å². The lowest BCUT2D eigenvalue weighted by Crippen LogP contribution is -2.21. The fraction of sp³-hybridized carbons (Fsp3) is 0.600. The van der Waals surface area contributed by atoms with Crippen LogP contribution >= 0.6 is 0 Å². The van der Waals surface area contributed by atoms with E-state index in [4.69, 9.17) is 15.2 Å². The van der Waals surface area contributed by atoms with Crippen LogP contribution in [-0.2, 0) is 0 Å². The van der Waals surface area contributed by atoms with E-state index in [1.165, 1.54) is 0 Å². The molecule has 1 fully saturated rings. The van der Waals surface area contributed by atoms with Gasteiger partial charge in [-0.3, -0.25) is 4.90 Å². The third kappa shape index (κ3) is 2.85. The molecule has 2 unspecified atom stereocenters. The Kier molecular flexibility index (Phi) is 4.66. The van der Waals surface area contributed by atoms with Gasteiger partial charge in [0.1, 0.15) is 11.5 Å². The maximum Gasteiger partial charge on any atom is 0.127 e. The molecule has 2 N–H and O–H groups in total. The standard InChI is InChI=1S/C15H24N2O2/c1-4-19-14-7-5-6-13(18-3)15(14)12-8-11(9-16)10-17(12)2/h5-7,11-12H,4,8-10,16H2,1-3H3. The molecule has 0 radical (unpaired) electrons. The third-order valence-electron chi connectivity index (χ3n) is 3.85. The highest BCUT2D eigenvalue weighted by Crippen LogP contribution is 2.43. The number of hydrogen-bond acceptors (Lipinski definition) is 4. The highest BCUT2D eigenvalue weighted by atomic mass is 16.5. The summed E-state index contributed by atoms with van der Waals surface area (Å²) in [4.78, 5) is 2.35. The summed E-state index contributed by atoms with van der Waals surface area (Å²) in [6.07, 6.45) is 1.06. The monoisotopic (exact) mass is 264 g/mol. The summed E-state index contributed by atoms with van der Waals surface area (Å²) >= 11 is 0. The molecule has 2 atom stereocenters. The molecule has 0 aliphatic carbocycles. The number of nitrogens with two attached hydrogens (primary N) is 1. The molecule has 1 aromatic rings. The van der Waals surface area contributed by atoms with Crippen molar-refractivity contribution in [3.63, 3.8) is 0 Å². The molecule has 106 valence electrons. The quantitative estimate of drug-likeness (QED) is 0.884. The molecule has 0 saturated carbocycles. The summed E-state index contributed by atoms with van der Waals surface area (Å²) in [5.74, 6) is 2.38. The summed E-state index contributed by atoms with van der Waals surface area (Å²) in [5, 5.41) is 0. The number of likely N-dealkylation sites (tertiary alicyclic amines) is 1. The summed E-state index contributed by atoms with van der Waals surface area (Å²) in [5.41, 5.74) is 6.97. The summed E-state index contributed by atoms with van der Waals surface area (Å²) in [6.45, 7) is 4.44. The van der Waals surface area contributed by atoms with Gasteiger partial charge >= 0.3 is 0 Å². The lowest BCUT2D eigenvalue weighted by atomic mass is 9.98. The second-order valence-electron chi connectivity index (χ2n) is 5.10. The maximum atomic E-state index is 5.81. The number of rotatable bonds is 5. The van der Waals surface area contributed by atoms with Gasteiger partial charge in [-0.25, -0.2) is 0 Å². The molecule has 1 aliphatic heterocycles. The van der Waals surface area contributed by atoms with Crippen LogP contribution in [0.5, 0.6) is 11.5 Å². The van der Waals surface area contributed by atoms with Crippen molar-refractivity contribution in [2.24, 2.45) is 11.7 Å². The average Bonchev–Trinajstić information content (AvgIpc) is 2.80. The van der Waals surface area contributed by atoms with Crippen LogP contribution in [-0.4, -0.2) is 38.8 Å². The highest BCUT2D eigenvalue weighted by molar-refractivity contribution is 5.47. The van der Waals surface area contributed by atoms with Crippen LogP contribution in [0, 0.1) is 5.92 Å². The fourth-order valence-corrected chi connectivity index (χ4v) is 2.93. The normalized spacial score (nSPS) is 23.6. The summed E-state index contributed by atoms with van der Waals surface area (Å²) in [6, 6.07) is 6.32. The molecule has 1 saturated heterocycles. The molecule has 1 heterocycles. The molecule has 1 aromatic carbocycles. The molecule has 2 rings (SSSR count). The molecule has 1 aliphatic rings. The van der Waals surface area contributed by atoms with Gasteiger partial charge < -0.3 is 15.2 Å². The van der Waals surface area contributed by atoms with E-state index >= 15 is 0 Å². The van der Waals surface area contributed by atoms with Crippen LogP contribution in [0.2, 0.25) is 0 Å². The van der Waals surface area contributed by atoms with Gasteiger partial charge in [0.25, 0.3) is 0 Å². The zero-order valence-electron chi connectivity index (χ0n) is 12.1. The van der Waals surface area contributed by atoms with Crippen molar-refractivity contribution in [1.29, 1.82) is 0 Å². The van der Waals surface area contributed by atoms with E-state index in [1.54, 1.807) is 7.11 Å². The Morgan fingerprint density at radius 1 is 1.37 bits per heavy atom. The Morgan fingerprint density at radius 2 is 2.11 bits per heavy atom. The Morgan fingerprint density at radius 3 is 2.68 bits per heavy atom. The molecular formula is C15H24N2O2. The molecule has 4 nitrogen and oxygen atoms in total. The summed E-state index contributed by atoms with van der Waals surface area (Å²) in [7, 11) is 3.85. The van der Waals surface area contributed by atoms with Gasteiger partial charge in [-0.1, -0.05) is 6.07 Å². The molecule has 0 spiro atoms. The molecule has 19 heavy (non-hydrogen) atoms. The van der Waals surface area contributed by atoms with Crippen molar-refractivity contribution < 1.29 is 9.47 Å². The van der Waals surface area contributed by atoms with Crippen molar-refractivity contribution in [2.45, 2.75) is 19.4 Å². The van der Waals surface area contributed by atoms with E-state index in [-0.39, 0.29) is 0 Å². The number of hydrogen-bond donors (Lipinski definition) is 1. The van der Waals surface area contributed by atoms with E-state index in [0.29, 0.717) is 18.6 Å². The van der Waals surface area contributed by atoms with Gasteiger partial charge in [0, 0.05) is 12.6 Å². The predicted octanol–water partition coefficient (Wildman–Crippen LogP) is 2.05. The lowest BCUT2D eigenvalue weighted by molar-refractivity contribution is 0.280. The van der Waals surface area contributed by atoms with Crippen LogP contribution in [0.1, 0.15) is 24.9 Å². The number of methoxy groups -OCH3 is 1. The zero-order valence-corrected chi connectivity index (χ0v) is 12.1. The van der Waals surface area contributed by atoms with E-state index in [9.17, 15) is 0 Å². The maximum absolute atomic E-state index is 5.81. The van der Waals surface area contributed by atoms with Gasteiger partial charge in [0.05, 0.1) is 19.3 Å². The number of ether oxygens (including phenoxy) is 2. The first-order chi connectivity index (χ1) is 9.21. The van der Waals surface area contributed by atoms with Crippen molar-refractivity contribution in [3.05, 3.63) is 23.8 Å². The second-order valence-corrected chi connectivity index (χ2v) is 5.10. The Balaban J connectivity index is 2.36. The van der Waals surface area contributed by atoms with Crippen molar-refractivity contribution >= 4 is 0 Å². The predicted molar refractivity (Wildman–Crippen MR) is 76.7 cm³/mol. The molecule has 4 heteroatoms. The molecular weight excluding hydrogens is 240 g/mol. The van der Waals surface area contributed by atoms with Crippen molar-refractivity contribution in [2.75, 3.05) is 33.9 Å². The first-order valence-corrected chi connectivity index (χ1v) is 6.91. The van der Waals surface area contributed by atoms with Crippen LogP contribution in [0.3, 0.4) is 0 Å². The van der Waals surface area contributed by atoms with Crippen molar-refractivity contribution in [1.82, 2.24) is 4.90 Å². The van der Waals surface area contributed by atoms with Crippen LogP contribution < -0.4 is 15.2 Å². The molecule has 0 bridgehead atoms. The minimum Gasteiger partial charge on any atom is -0.496 e. The molecule has 0 aromatic heterocycles. The van der Waals surface area contributed by atoms with Gasteiger partial charge in [-0.15, -0.1) is 0 Å². The SMILES string of the molecule is CCOc1cccc(OC)c1C1CC(CN)CN1C. The van der Waals surface area contributed by atoms with Gasteiger partial charge in [-0.05, 0) is 45.0 Å². The minimum absolute atomic E-state index is 0.325. The van der Waals surface area contributed by atoms with Crippen LogP contribution in [0.4, 0.5) is 0 Å². The smallest absolute Gasteiger partial charge is 0.127 e. The largest absolute Gasteiger partial charge is 0.496 e. The summed E-state index contributed by atoms with van der Waals surface area (Å²) < 4.78 is 11.3. The second kappa shape index (κ2) is 6.26. The minimum atomic E-state index is 0.325. The zero-order chi connectivity index (χ0) is 13.8. The van der Waals surface area contributed by atoms with E-state index in [2.05, 4.69) is 11.9 Å². The first kappa shape index (κ1) is 14.2. The van der Waals surface area contributed by atoms with Gasteiger partial charge in [-0.2, -0.15) is 0 Å².